The number of halogens is 1. The van der Waals surface area contributed by atoms with E-state index < -0.39 is 0 Å². The van der Waals surface area contributed by atoms with Crippen LogP contribution in [-0.4, -0.2) is 22.8 Å². The predicted molar refractivity (Wildman–Crippen MR) is 89.5 cm³/mol. The summed E-state index contributed by atoms with van der Waals surface area (Å²) in [7, 11) is 1.56. The monoisotopic (exact) mass is 327 g/mol. The average molecular weight is 328 g/mol. The van der Waals surface area contributed by atoms with Crippen LogP contribution in [0.4, 0.5) is 5.69 Å². The summed E-state index contributed by atoms with van der Waals surface area (Å²) in [4.78, 5) is 12.3. The SMILES string of the molecule is COc1ccccc1NC(=O)c1cnn(-c2ccc(Cl)cc2)c1. The Balaban J connectivity index is 1.80. The minimum absolute atomic E-state index is 0.255. The van der Waals surface area contributed by atoms with Crippen molar-refractivity contribution in [1.29, 1.82) is 0 Å². The fourth-order valence-corrected chi connectivity index (χ4v) is 2.24. The van der Waals surface area contributed by atoms with Gasteiger partial charge in [-0.1, -0.05) is 23.7 Å². The number of benzene rings is 2. The van der Waals surface area contributed by atoms with E-state index in [-0.39, 0.29) is 5.91 Å². The second-order valence-corrected chi connectivity index (χ2v) is 5.24. The number of nitrogens with one attached hydrogen (secondary N) is 1. The van der Waals surface area contributed by atoms with Crippen LogP contribution in [0.5, 0.6) is 5.75 Å². The van der Waals surface area contributed by atoms with E-state index in [1.165, 1.54) is 6.20 Å². The number of ether oxygens (including phenoxy) is 1. The molecule has 116 valence electrons. The van der Waals surface area contributed by atoms with Gasteiger partial charge in [0.05, 0.1) is 30.2 Å². The number of hydrogen-bond donors (Lipinski definition) is 1. The van der Waals surface area contributed by atoms with Crippen molar-refractivity contribution in [1.82, 2.24) is 9.78 Å². The van der Waals surface area contributed by atoms with E-state index >= 15 is 0 Å². The highest BCUT2D eigenvalue weighted by molar-refractivity contribution is 6.30. The predicted octanol–water partition coefficient (Wildman–Crippen LogP) is 3.79. The Morgan fingerprint density at radius 2 is 1.91 bits per heavy atom. The summed E-state index contributed by atoms with van der Waals surface area (Å²) >= 11 is 5.87. The summed E-state index contributed by atoms with van der Waals surface area (Å²) < 4.78 is 6.84. The zero-order valence-electron chi connectivity index (χ0n) is 12.4. The summed E-state index contributed by atoms with van der Waals surface area (Å²) in [6, 6.07) is 14.4. The van der Waals surface area contributed by atoms with Crippen LogP contribution < -0.4 is 10.1 Å². The zero-order valence-corrected chi connectivity index (χ0v) is 13.1. The van der Waals surface area contributed by atoms with Gasteiger partial charge in [0.15, 0.2) is 0 Å². The molecule has 0 aliphatic heterocycles. The Bertz CT molecular complexity index is 828. The Kier molecular flexibility index (Phi) is 4.30. The molecule has 6 heteroatoms. The molecule has 0 spiro atoms. The Morgan fingerprint density at radius 3 is 2.65 bits per heavy atom. The molecular weight excluding hydrogens is 314 g/mol. The first-order chi connectivity index (χ1) is 11.2. The number of para-hydroxylation sites is 2. The van der Waals surface area contributed by atoms with E-state index in [0.717, 1.165) is 5.69 Å². The topological polar surface area (TPSA) is 56.1 Å². The molecule has 1 amide bonds. The van der Waals surface area contributed by atoms with E-state index in [1.54, 1.807) is 42.3 Å². The lowest BCUT2D eigenvalue weighted by molar-refractivity contribution is 0.102. The van der Waals surface area contributed by atoms with Crippen LogP contribution in [0.2, 0.25) is 5.02 Å². The van der Waals surface area contributed by atoms with Crippen LogP contribution in [0.1, 0.15) is 10.4 Å². The fourth-order valence-electron chi connectivity index (χ4n) is 2.12. The summed E-state index contributed by atoms with van der Waals surface area (Å²) in [5.74, 6) is 0.348. The maximum absolute atomic E-state index is 12.3. The van der Waals surface area contributed by atoms with E-state index in [2.05, 4.69) is 10.4 Å². The molecule has 0 saturated carbocycles. The van der Waals surface area contributed by atoms with Crippen LogP contribution in [-0.2, 0) is 0 Å². The number of carbonyl (C=O) groups is 1. The first-order valence-corrected chi connectivity index (χ1v) is 7.30. The molecule has 3 aromatic rings. The number of amides is 1. The lowest BCUT2D eigenvalue weighted by Gasteiger charge is -2.08. The third kappa shape index (κ3) is 3.35. The number of carbonyl (C=O) groups excluding carboxylic acids is 1. The van der Waals surface area contributed by atoms with Gasteiger partial charge in [0.25, 0.3) is 5.91 Å². The summed E-state index contributed by atoms with van der Waals surface area (Å²) in [6.07, 6.45) is 3.17. The van der Waals surface area contributed by atoms with E-state index in [9.17, 15) is 4.79 Å². The molecule has 1 aromatic heterocycles. The number of rotatable bonds is 4. The third-order valence-corrected chi connectivity index (χ3v) is 3.54. The van der Waals surface area contributed by atoms with Crippen LogP contribution in [0.3, 0.4) is 0 Å². The van der Waals surface area contributed by atoms with Crippen molar-refractivity contribution in [3.63, 3.8) is 0 Å². The quantitative estimate of drug-likeness (QED) is 0.793. The largest absolute Gasteiger partial charge is 0.495 e. The lowest BCUT2D eigenvalue weighted by Crippen LogP contribution is -2.11. The Hall–Kier alpha value is -2.79. The van der Waals surface area contributed by atoms with Gasteiger partial charge in [0.1, 0.15) is 5.75 Å². The molecule has 5 nitrogen and oxygen atoms in total. The number of anilines is 1. The van der Waals surface area contributed by atoms with Crippen LogP contribution in [0.25, 0.3) is 5.69 Å². The highest BCUT2D eigenvalue weighted by atomic mass is 35.5. The summed E-state index contributed by atoms with van der Waals surface area (Å²) in [5.41, 5.74) is 1.89. The Labute approximate surface area is 138 Å². The number of hydrogen-bond acceptors (Lipinski definition) is 3. The van der Waals surface area contributed by atoms with Gasteiger partial charge in [-0.3, -0.25) is 4.79 Å². The highest BCUT2D eigenvalue weighted by Crippen LogP contribution is 2.23. The molecule has 0 atom stereocenters. The number of methoxy groups -OCH3 is 1. The van der Waals surface area contributed by atoms with Gasteiger partial charge in [-0.15, -0.1) is 0 Å². The molecule has 0 saturated heterocycles. The zero-order chi connectivity index (χ0) is 16.2. The minimum Gasteiger partial charge on any atom is -0.495 e. The molecule has 1 heterocycles. The first-order valence-electron chi connectivity index (χ1n) is 6.92. The van der Waals surface area contributed by atoms with Crippen molar-refractivity contribution in [3.05, 3.63) is 71.5 Å². The van der Waals surface area contributed by atoms with Crippen molar-refractivity contribution in [2.75, 3.05) is 12.4 Å². The molecule has 0 radical (unpaired) electrons. The molecule has 0 fully saturated rings. The summed E-state index contributed by atoms with van der Waals surface area (Å²) in [6.45, 7) is 0. The molecule has 1 N–H and O–H groups in total. The number of aromatic nitrogens is 2. The number of nitrogens with zero attached hydrogens (tertiary/aromatic N) is 2. The van der Waals surface area contributed by atoms with Crippen molar-refractivity contribution < 1.29 is 9.53 Å². The highest BCUT2D eigenvalue weighted by Gasteiger charge is 2.12. The smallest absolute Gasteiger partial charge is 0.258 e. The van der Waals surface area contributed by atoms with Crippen molar-refractivity contribution in [3.8, 4) is 11.4 Å². The maximum atomic E-state index is 12.3. The van der Waals surface area contributed by atoms with Gasteiger partial charge >= 0.3 is 0 Å². The second kappa shape index (κ2) is 6.54. The maximum Gasteiger partial charge on any atom is 0.258 e. The van der Waals surface area contributed by atoms with Gasteiger partial charge in [-0.05, 0) is 36.4 Å². The first kappa shape index (κ1) is 15.1. The van der Waals surface area contributed by atoms with E-state index in [0.29, 0.717) is 22.0 Å². The standard InChI is InChI=1S/C17H14ClN3O2/c1-23-16-5-3-2-4-15(16)20-17(22)12-10-19-21(11-12)14-8-6-13(18)7-9-14/h2-11H,1H3,(H,20,22). The fraction of sp³-hybridized carbons (Fsp3) is 0.0588. The van der Waals surface area contributed by atoms with E-state index in [4.69, 9.17) is 16.3 Å². The molecule has 2 aromatic carbocycles. The lowest BCUT2D eigenvalue weighted by atomic mass is 10.2. The normalized spacial score (nSPS) is 10.3. The van der Waals surface area contributed by atoms with Crippen molar-refractivity contribution in [2.24, 2.45) is 0 Å². The second-order valence-electron chi connectivity index (χ2n) is 4.80. The van der Waals surface area contributed by atoms with Gasteiger partial charge in [-0.2, -0.15) is 5.10 Å². The van der Waals surface area contributed by atoms with Crippen molar-refractivity contribution in [2.45, 2.75) is 0 Å². The summed E-state index contributed by atoms with van der Waals surface area (Å²) in [5, 5.41) is 7.66. The molecular formula is C17H14ClN3O2. The molecule has 0 bridgehead atoms. The van der Waals surface area contributed by atoms with Gasteiger partial charge < -0.3 is 10.1 Å². The van der Waals surface area contributed by atoms with Crippen molar-refractivity contribution >= 4 is 23.2 Å². The molecule has 0 aliphatic carbocycles. The van der Waals surface area contributed by atoms with Crippen LogP contribution in [0.15, 0.2) is 60.9 Å². The van der Waals surface area contributed by atoms with Gasteiger partial charge in [0, 0.05) is 11.2 Å². The molecule has 23 heavy (non-hydrogen) atoms. The molecule has 0 unspecified atom stereocenters. The van der Waals surface area contributed by atoms with Gasteiger partial charge in [-0.25, -0.2) is 4.68 Å². The van der Waals surface area contributed by atoms with Gasteiger partial charge in [0.2, 0.25) is 0 Å². The minimum atomic E-state index is -0.255. The average Bonchev–Trinajstić information content (AvgIpc) is 3.06. The van der Waals surface area contributed by atoms with E-state index in [1.807, 2.05) is 24.3 Å². The molecule has 0 aliphatic rings. The van der Waals surface area contributed by atoms with Crippen LogP contribution >= 0.6 is 11.6 Å². The third-order valence-electron chi connectivity index (χ3n) is 3.29. The Morgan fingerprint density at radius 1 is 1.17 bits per heavy atom. The molecule has 3 rings (SSSR count). The van der Waals surface area contributed by atoms with Crippen LogP contribution in [0, 0.1) is 0 Å².